The summed E-state index contributed by atoms with van der Waals surface area (Å²) < 4.78 is 145. The van der Waals surface area contributed by atoms with Gasteiger partial charge in [-0.1, -0.05) is 6.58 Å². The number of carbonyl (C=O) groups is 1. The predicted molar refractivity (Wildman–Crippen MR) is 99.1 cm³/mol. The number of halogens is 8. The van der Waals surface area contributed by atoms with Crippen molar-refractivity contribution in [3.05, 3.63) is 12.2 Å². The van der Waals surface area contributed by atoms with Crippen molar-refractivity contribution >= 4 is 16.1 Å². The van der Waals surface area contributed by atoms with E-state index in [1.807, 2.05) is 0 Å². The van der Waals surface area contributed by atoms with E-state index in [0.717, 1.165) is 0 Å². The van der Waals surface area contributed by atoms with Gasteiger partial charge in [-0.2, -0.15) is 43.5 Å². The molecule has 1 aliphatic carbocycles. The van der Waals surface area contributed by atoms with Gasteiger partial charge in [0, 0.05) is 5.92 Å². The molecule has 0 spiro atoms. The lowest BCUT2D eigenvalue weighted by Gasteiger charge is -2.44. The first-order valence-corrected chi connectivity index (χ1v) is 11.1. The lowest BCUT2D eigenvalue weighted by Crippen LogP contribution is -2.55. The van der Waals surface area contributed by atoms with Crippen molar-refractivity contribution in [2.45, 2.75) is 68.3 Å². The summed E-state index contributed by atoms with van der Waals surface area (Å²) in [7, 11) is -5.85. The molecule has 2 N–H and O–H groups in total. The van der Waals surface area contributed by atoms with Crippen molar-refractivity contribution < 1.29 is 67.5 Å². The molecule has 0 aromatic heterocycles. The van der Waals surface area contributed by atoms with Gasteiger partial charge in [0.05, 0.1) is 12.2 Å². The van der Waals surface area contributed by atoms with Gasteiger partial charge in [0.25, 0.3) is 0 Å². The molecule has 0 heterocycles. The van der Waals surface area contributed by atoms with Crippen molar-refractivity contribution in [3.63, 3.8) is 0 Å². The molecule has 2 atom stereocenters. The molecule has 16 heteroatoms. The number of rotatable bonds is 9. The van der Waals surface area contributed by atoms with Crippen LogP contribution in [0.3, 0.4) is 0 Å². The highest BCUT2D eigenvalue weighted by atomic mass is 32.2. The summed E-state index contributed by atoms with van der Waals surface area (Å²) in [6, 6.07) is 0. The van der Waals surface area contributed by atoms with Crippen molar-refractivity contribution in [3.8, 4) is 0 Å². The van der Waals surface area contributed by atoms with Crippen LogP contribution in [-0.4, -0.2) is 66.1 Å². The topological polar surface area (TPSA) is 110 Å². The van der Waals surface area contributed by atoms with Gasteiger partial charge in [-0.3, -0.25) is 4.55 Å². The maximum atomic E-state index is 13.8. The second-order valence-electron chi connectivity index (χ2n) is 8.40. The molecule has 1 fully saturated rings. The minimum atomic E-state index is -5.85. The molecule has 34 heavy (non-hydrogen) atoms. The standard InChI is InChI=1S/C18H24F8O7S/c1-10(8-32-9-16(19,20)34(29,30)31)13(27)33-15(3,18(24,25)26)12-6-4-11(5-7-12)14(2,28)17(21,22)23/h11-12,28H,1,4-9H2,2-3H3,(H,29,30,31). The number of ether oxygens (including phenoxy) is 2. The van der Waals surface area contributed by atoms with Crippen molar-refractivity contribution in [2.75, 3.05) is 13.2 Å². The molecule has 1 saturated carbocycles. The highest BCUT2D eigenvalue weighted by Crippen LogP contribution is 2.50. The van der Waals surface area contributed by atoms with Crippen LogP contribution in [0.5, 0.6) is 0 Å². The summed E-state index contributed by atoms with van der Waals surface area (Å²) in [6.45, 7) is 0.960. The maximum absolute atomic E-state index is 13.8. The molecule has 7 nitrogen and oxygen atoms in total. The number of aliphatic hydroxyl groups is 1. The van der Waals surface area contributed by atoms with Gasteiger partial charge in [0.1, 0.15) is 6.61 Å². The second-order valence-corrected chi connectivity index (χ2v) is 9.94. The summed E-state index contributed by atoms with van der Waals surface area (Å²) in [4.78, 5) is 12.1. The van der Waals surface area contributed by atoms with Crippen LogP contribution in [0.4, 0.5) is 35.1 Å². The molecule has 0 aromatic rings. The minimum Gasteiger partial charge on any atom is -0.446 e. The van der Waals surface area contributed by atoms with E-state index in [2.05, 4.69) is 16.1 Å². The van der Waals surface area contributed by atoms with Gasteiger partial charge in [0.15, 0.2) is 5.60 Å². The van der Waals surface area contributed by atoms with E-state index in [0.29, 0.717) is 13.8 Å². The molecule has 1 aliphatic rings. The molecule has 2 unspecified atom stereocenters. The van der Waals surface area contributed by atoms with E-state index in [1.165, 1.54) is 0 Å². The van der Waals surface area contributed by atoms with Crippen LogP contribution < -0.4 is 0 Å². The van der Waals surface area contributed by atoms with Gasteiger partial charge < -0.3 is 14.6 Å². The van der Waals surface area contributed by atoms with Crippen LogP contribution in [0.2, 0.25) is 0 Å². The molecule has 0 aliphatic heterocycles. The molecule has 0 aromatic carbocycles. The molecule has 200 valence electrons. The Morgan fingerprint density at radius 3 is 1.76 bits per heavy atom. The zero-order valence-corrected chi connectivity index (χ0v) is 18.8. The van der Waals surface area contributed by atoms with Crippen LogP contribution in [0.1, 0.15) is 39.5 Å². The summed E-state index contributed by atoms with van der Waals surface area (Å²) >= 11 is 0. The number of hydrogen-bond donors (Lipinski definition) is 2. The third-order valence-electron chi connectivity index (χ3n) is 5.96. The Hall–Kier alpha value is -1.52. The lowest BCUT2D eigenvalue weighted by atomic mass is 9.69. The number of carbonyl (C=O) groups excluding carboxylic acids is 1. The van der Waals surface area contributed by atoms with Gasteiger partial charge in [-0.05, 0) is 45.4 Å². The van der Waals surface area contributed by atoms with Crippen LogP contribution >= 0.6 is 0 Å². The fourth-order valence-electron chi connectivity index (χ4n) is 3.50. The summed E-state index contributed by atoms with van der Waals surface area (Å²) in [5.41, 5.74) is -7.21. The number of hydrogen-bond acceptors (Lipinski definition) is 6. The fraction of sp³-hybridized carbons (Fsp3) is 0.833. The normalized spacial score (nSPS) is 24.1. The molecule has 1 rings (SSSR count). The first-order chi connectivity index (χ1) is 15.0. The summed E-state index contributed by atoms with van der Waals surface area (Å²) in [5, 5.41) is 5.01. The Morgan fingerprint density at radius 2 is 1.38 bits per heavy atom. The van der Waals surface area contributed by atoms with E-state index in [4.69, 9.17) is 4.55 Å². The Morgan fingerprint density at radius 1 is 0.941 bits per heavy atom. The van der Waals surface area contributed by atoms with E-state index in [-0.39, 0.29) is 0 Å². The van der Waals surface area contributed by atoms with E-state index >= 15 is 0 Å². The first kappa shape index (κ1) is 30.5. The van der Waals surface area contributed by atoms with Crippen molar-refractivity contribution in [1.82, 2.24) is 0 Å². The molecular weight excluding hydrogens is 512 g/mol. The zero-order valence-electron chi connectivity index (χ0n) is 18.0. The molecule has 0 saturated heterocycles. The molecule has 0 amide bonds. The third-order valence-corrected chi connectivity index (χ3v) is 6.83. The highest BCUT2D eigenvalue weighted by molar-refractivity contribution is 7.86. The average molecular weight is 536 g/mol. The van der Waals surface area contributed by atoms with E-state index in [9.17, 15) is 53.4 Å². The largest absolute Gasteiger partial charge is 0.446 e. The van der Waals surface area contributed by atoms with Crippen molar-refractivity contribution in [2.24, 2.45) is 11.8 Å². The SMILES string of the molecule is C=C(COCC(F)(F)S(=O)(=O)O)C(=O)OC(C)(C1CCC(C(C)(O)C(F)(F)F)CC1)C(F)(F)F. The Bertz CT molecular complexity index is 859. The number of esters is 1. The van der Waals surface area contributed by atoms with Crippen LogP contribution in [0, 0.1) is 11.8 Å². The second kappa shape index (κ2) is 9.85. The fourth-order valence-corrected chi connectivity index (χ4v) is 3.73. The van der Waals surface area contributed by atoms with Gasteiger partial charge >= 0.3 is 33.7 Å². The van der Waals surface area contributed by atoms with Gasteiger partial charge in [-0.15, -0.1) is 0 Å². The van der Waals surface area contributed by atoms with Crippen LogP contribution in [0.15, 0.2) is 12.2 Å². The average Bonchev–Trinajstić information content (AvgIpc) is 2.65. The molecular formula is C18H24F8O7S. The monoisotopic (exact) mass is 536 g/mol. The predicted octanol–water partition coefficient (Wildman–Crippen LogP) is 4.02. The highest BCUT2D eigenvalue weighted by Gasteiger charge is 2.61. The zero-order chi connectivity index (χ0) is 27.0. The Labute approximate surface area is 189 Å². The van der Waals surface area contributed by atoms with Gasteiger partial charge in [0.2, 0.25) is 5.60 Å². The number of alkyl halides is 8. The summed E-state index contributed by atoms with van der Waals surface area (Å²) in [5.74, 6) is -4.60. The minimum absolute atomic E-state index is 0.449. The van der Waals surface area contributed by atoms with E-state index in [1.54, 1.807) is 0 Å². The third kappa shape index (κ3) is 6.57. The quantitative estimate of drug-likeness (QED) is 0.198. The maximum Gasteiger partial charge on any atom is 0.428 e. The Kier molecular flexibility index (Phi) is 8.84. The Balaban J connectivity index is 2.88. The van der Waals surface area contributed by atoms with Crippen LogP contribution in [0.25, 0.3) is 0 Å². The molecule has 0 bridgehead atoms. The smallest absolute Gasteiger partial charge is 0.428 e. The lowest BCUT2D eigenvalue weighted by molar-refractivity contribution is -0.292. The van der Waals surface area contributed by atoms with Gasteiger partial charge in [-0.25, -0.2) is 4.79 Å². The van der Waals surface area contributed by atoms with Crippen LogP contribution in [-0.2, 0) is 24.4 Å². The molecule has 0 radical (unpaired) electrons. The van der Waals surface area contributed by atoms with E-state index < -0.39 is 101 Å². The van der Waals surface area contributed by atoms with Crippen molar-refractivity contribution in [1.29, 1.82) is 0 Å². The summed E-state index contributed by atoms with van der Waals surface area (Å²) in [6.07, 6.45) is -12.1. The first-order valence-electron chi connectivity index (χ1n) is 9.67.